The fraction of sp³-hybridized carbons (Fsp3) is 0.111. The van der Waals surface area contributed by atoms with E-state index in [4.69, 9.17) is 37.4 Å². The van der Waals surface area contributed by atoms with Crippen molar-refractivity contribution in [1.82, 2.24) is 0 Å². The van der Waals surface area contributed by atoms with E-state index in [-0.39, 0.29) is 0 Å². The van der Waals surface area contributed by atoms with E-state index in [1.165, 1.54) is 0 Å². The zero-order chi connectivity index (χ0) is 23.9. The molecule has 0 unspecified atom stereocenters. The third-order valence-electron chi connectivity index (χ3n) is 4.76. The minimum Gasteiger partial charge on any atom is -0.489 e. The summed E-state index contributed by atoms with van der Waals surface area (Å²) in [7, 11) is 0. The average Bonchev–Trinajstić information content (AvgIpc) is 2.80. The molecular weight excluding hydrogens is 603 g/mol. The van der Waals surface area contributed by atoms with Gasteiger partial charge in [-0.1, -0.05) is 85.4 Å². The van der Waals surface area contributed by atoms with Crippen LogP contribution in [0.25, 0.3) is 0 Å². The number of rotatable bonds is 9. The molecule has 3 nitrogen and oxygen atoms in total. The first kappa shape index (κ1) is 24.9. The fourth-order valence-corrected chi connectivity index (χ4v) is 4.93. The van der Waals surface area contributed by atoms with Gasteiger partial charge in [-0.05, 0) is 71.3 Å². The second-order valence-electron chi connectivity index (χ2n) is 7.55. The fourth-order valence-electron chi connectivity index (χ4n) is 3.28. The van der Waals surface area contributed by atoms with Crippen molar-refractivity contribution in [3.63, 3.8) is 0 Å². The molecule has 0 amide bonds. The van der Waals surface area contributed by atoms with Crippen molar-refractivity contribution >= 4 is 55.1 Å². The number of hydrogen-bond donors (Lipinski definition) is 0. The van der Waals surface area contributed by atoms with Gasteiger partial charge in [-0.15, -0.1) is 0 Å². The van der Waals surface area contributed by atoms with Crippen molar-refractivity contribution in [2.24, 2.45) is 0 Å². The molecule has 0 saturated carbocycles. The van der Waals surface area contributed by atoms with Gasteiger partial charge in [0.1, 0.15) is 37.1 Å². The molecule has 4 aromatic rings. The smallest absolute Gasteiger partial charge is 0.122 e. The molecule has 0 atom stereocenters. The average molecular weight is 623 g/mol. The number of benzene rings is 4. The summed E-state index contributed by atoms with van der Waals surface area (Å²) in [6.07, 6.45) is 0. The zero-order valence-corrected chi connectivity index (χ0v) is 22.6. The Morgan fingerprint density at radius 2 is 0.941 bits per heavy atom. The first-order valence-electron chi connectivity index (χ1n) is 10.4. The van der Waals surface area contributed by atoms with E-state index in [0.717, 1.165) is 31.4 Å². The van der Waals surface area contributed by atoms with Crippen LogP contribution in [0.1, 0.15) is 16.7 Å². The molecule has 0 aliphatic rings. The van der Waals surface area contributed by atoms with Crippen molar-refractivity contribution < 1.29 is 14.2 Å². The van der Waals surface area contributed by atoms with Crippen LogP contribution in [0.3, 0.4) is 0 Å². The molecule has 0 bridgehead atoms. The summed E-state index contributed by atoms with van der Waals surface area (Å²) in [5.41, 5.74) is 2.99. The van der Waals surface area contributed by atoms with Crippen LogP contribution < -0.4 is 14.2 Å². The van der Waals surface area contributed by atoms with Gasteiger partial charge in [0.15, 0.2) is 0 Å². The van der Waals surface area contributed by atoms with E-state index in [1.807, 2.05) is 72.8 Å². The molecule has 7 heteroatoms. The predicted octanol–water partition coefficient (Wildman–Crippen LogP) is 9.26. The van der Waals surface area contributed by atoms with Crippen molar-refractivity contribution in [3.8, 4) is 17.2 Å². The molecule has 174 valence electrons. The summed E-state index contributed by atoms with van der Waals surface area (Å²) in [5.74, 6) is 2.09. The molecule has 0 aliphatic carbocycles. The molecule has 34 heavy (non-hydrogen) atoms. The maximum atomic E-state index is 6.14. The molecule has 0 fully saturated rings. The van der Waals surface area contributed by atoms with Crippen LogP contribution in [0.2, 0.25) is 10.0 Å². The number of halogens is 4. The first-order chi connectivity index (χ1) is 16.4. The summed E-state index contributed by atoms with van der Waals surface area (Å²) >= 11 is 19.2. The molecule has 0 heterocycles. The molecule has 0 N–H and O–H groups in total. The molecule has 0 spiro atoms. The quantitative estimate of drug-likeness (QED) is 0.186. The monoisotopic (exact) mass is 620 g/mol. The Kier molecular flexibility index (Phi) is 8.79. The second kappa shape index (κ2) is 12.0. The van der Waals surface area contributed by atoms with Crippen molar-refractivity contribution in [1.29, 1.82) is 0 Å². The summed E-state index contributed by atoms with van der Waals surface area (Å²) < 4.78 is 19.8. The van der Waals surface area contributed by atoms with Crippen LogP contribution in [-0.4, -0.2) is 0 Å². The van der Waals surface area contributed by atoms with Gasteiger partial charge < -0.3 is 14.2 Å². The first-order valence-corrected chi connectivity index (χ1v) is 12.7. The van der Waals surface area contributed by atoms with Crippen LogP contribution >= 0.6 is 55.1 Å². The van der Waals surface area contributed by atoms with Gasteiger partial charge in [-0.3, -0.25) is 0 Å². The van der Waals surface area contributed by atoms with Gasteiger partial charge in [-0.25, -0.2) is 0 Å². The number of hydrogen-bond acceptors (Lipinski definition) is 3. The van der Waals surface area contributed by atoms with Crippen LogP contribution in [0.4, 0.5) is 0 Å². The van der Waals surface area contributed by atoms with Gasteiger partial charge >= 0.3 is 0 Å². The van der Waals surface area contributed by atoms with Crippen LogP contribution in [0.5, 0.6) is 17.2 Å². The summed E-state index contributed by atoms with van der Waals surface area (Å²) in [5, 5.41) is 1.21. The van der Waals surface area contributed by atoms with E-state index in [2.05, 4.69) is 31.9 Å². The van der Waals surface area contributed by atoms with Gasteiger partial charge in [0, 0.05) is 19.0 Å². The van der Waals surface area contributed by atoms with Gasteiger partial charge in [0.2, 0.25) is 0 Å². The SMILES string of the molecule is Clc1cc(Br)cc(OCc2cc(COc3cc(Cl)cc(Br)c3)cc(OCc3ccccc3)c2)c1. The van der Waals surface area contributed by atoms with E-state index >= 15 is 0 Å². The maximum Gasteiger partial charge on any atom is 0.122 e. The summed E-state index contributed by atoms with van der Waals surface area (Å²) in [6.45, 7) is 1.17. The Balaban J connectivity index is 1.52. The van der Waals surface area contributed by atoms with Crippen LogP contribution in [0.15, 0.2) is 93.9 Å². The van der Waals surface area contributed by atoms with Gasteiger partial charge in [0.25, 0.3) is 0 Å². The highest BCUT2D eigenvalue weighted by Crippen LogP contribution is 2.28. The lowest BCUT2D eigenvalue weighted by molar-refractivity contribution is 0.288. The minimum atomic E-state index is 0.352. The van der Waals surface area contributed by atoms with E-state index in [9.17, 15) is 0 Å². The standard InChI is InChI=1S/C27H20Br2Cl2O3/c28-21-9-23(30)13-26(11-21)33-16-19-6-20(17-34-27-12-22(29)10-24(31)14-27)8-25(7-19)32-15-18-4-2-1-3-5-18/h1-14H,15-17H2. The third-order valence-corrected chi connectivity index (χ3v) is 6.11. The van der Waals surface area contributed by atoms with Crippen molar-refractivity contribution in [2.75, 3.05) is 0 Å². The van der Waals surface area contributed by atoms with Crippen molar-refractivity contribution in [2.45, 2.75) is 19.8 Å². The Labute approximate surface area is 225 Å². The van der Waals surface area contributed by atoms with Crippen LogP contribution in [-0.2, 0) is 19.8 Å². The second-order valence-corrected chi connectivity index (χ2v) is 10.3. The summed E-state index contributed by atoms with van der Waals surface area (Å²) in [4.78, 5) is 0. The molecule has 0 aromatic heterocycles. The lowest BCUT2D eigenvalue weighted by Crippen LogP contribution is -2.02. The molecule has 4 aromatic carbocycles. The summed E-state index contributed by atoms with van der Waals surface area (Å²) in [6, 6.07) is 27.0. The van der Waals surface area contributed by atoms with E-state index in [1.54, 1.807) is 12.1 Å². The highest BCUT2D eigenvalue weighted by Gasteiger charge is 2.07. The molecule has 0 radical (unpaired) electrons. The Morgan fingerprint density at radius 1 is 0.500 bits per heavy atom. The molecular formula is C27H20Br2Cl2O3. The Morgan fingerprint density at radius 3 is 1.41 bits per heavy atom. The zero-order valence-electron chi connectivity index (χ0n) is 17.9. The van der Waals surface area contributed by atoms with Crippen LogP contribution in [0, 0.1) is 0 Å². The lowest BCUT2D eigenvalue weighted by Gasteiger charge is -2.14. The Bertz CT molecular complexity index is 1150. The number of ether oxygens (including phenoxy) is 3. The van der Waals surface area contributed by atoms with Gasteiger partial charge in [0.05, 0.1) is 0 Å². The largest absolute Gasteiger partial charge is 0.489 e. The predicted molar refractivity (Wildman–Crippen MR) is 144 cm³/mol. The third kappa shape index (κ3) is 7.67. The highest BCUT2D eigenvalue weighted by atomic mass is 79.9. The topological polar surface area (TPSA) is 27.7 Å². The lowest BCUT2D eigenvalue weighted by atomic mass is 10.1. The normalized spacial score (nSPS) is 10.7. The molecule has 4 rings (SSSR count). The van der Waals surface area contributed by atoms with Gasteiger partial charge in [-0.2, -0.15) is 0 Å². The van der Waals surface area contributed by atoms with Crippen molar-refractivity contribution in [3.05, 3.63) is 121 Å². The Hall–Kier alpha value is -2.18. The minimum absolute atomic E-state index is 0.352. The van der Waals surface area contributed by atoms with E-state index < -0.39 is 0 Å². The maximum absolute atomic E-state index is 6.14. The molecule has 0 saturated heterocycles. The highest BCUT2D eigenvalue weighted by molar-refractivity contribution is 9.10. The van der Waals surface area contributed by atoms with E-state index in [0.29, 0.717) is 41.4 Å². The molecule has 0 aliphatic heterocycles.